The van der Waals surface area contributed by atoms with Crippen LogP contribution in [0.15, 0.2) is 127 Å². The second-order valence-electron chi connectivity index (χ2n) is 13.6. The zero-order valence-corrected chi connectivity index (χ0v) is 25.7. The molecule has 9 rings (SSSR count). The van der Waals surface area contributed by atoms with Gasteiger partial charge in [-0.2, -0.15) is 0 Å². The summed E-state index contributed by atoms with van der Waals surface area (Å²) in [5.41, 5.74) is 12.1. The lowest BCUT2D eigenvalue weighted by Crippen LogP contribution is -2.14. The number of benzene rings is 8. The van der Waals surface area contributed by atoms with Gasteiger partial charge in [-0.3, -0.25) is 0 Å². The fraction of sp³-hybridized carbons (Fsp3) is 0.136. The Labute approximate surface area is 258 Å². The van der Waals surface area contributed by atoms with E-state index in [1.165, 1.54) is 93.2 Å². The van der Waals surface area contributed by atoms with Gasteiger partial charge in [0.05, 0.1) is 0 Å². The molecule has 0 heterocycles. The third kappa shape index (κ3) is 3.58. The maximum Gasteiger partial charge on any atom is 0.0158 e. The van der Waals surface area contributed by atoms with Gasteiger partial charge in [0.15, 0.2) is 0 Å². The molecule has 0 bridgehead atoms. The summed E-state index contributed by atoms with van der Waals surface area (Å²) in [5, 5.41) is 10.6. The maximum atomic E-state index is 2.40. The number of hydrogen-bond donors (Lipinski definition) is 0. The molecule has 1 aliphatic carbocycles. The standard InChI is InChI=1S/C44H34/c1-26(2)35-23-33-14-9-27-15-18-36(38-19-16-34(24-35)42(33)43(27)38)32-13-12-28-21-29(10-11-30(28)22-32)31-17-20-41-39(25-31)37-7-5-6-8-40(37)44(41,3)4/h5-26H,1-4H3. The van der Waals surface area contributed by atoms with E-state index < -0.39 is 0 Å². The number of hydrogen-bond acceptors (Lipinski definition) is 0. The lowest BCUT2D eigenvalue weighted by Gasteiger charge is -2.21. The van der Waals surface area contributed by atoms with Crippen molar-refractivity contribution in [3.8, 4) is 33.4 Å². The molecule has 0 heteroatoms. The van der Waals surface area contributed by atoms with Crippen molar-refractivity contribution in [2.75, 3.05) is 0 Å². The lowest BCUT2D eigenvalue weighted by molar-refractivity contribution is 0.660. The van der Waals surface area contributed by atoms with Crippen LogP contribution in [0.25, 0.3) is 76.5 Å². The summed E-state index contributed by atoms with van der Waals surface area (Å²) in [4.78, 5) is 0. The summed E-state index contributed by atoms with van der Waals surface area (Å²) >= 11 is 0. The van der Waals surface area contributed by atoms with Crippen molar-refractivity contribution < 1.29 is 0 Å². The van der Waals surface area contributed by atoms with Crippen LogP contribution in [0, 0.1) is 0 Å². The molecule has 210 valence electrons. The highest BCUT2D eigenvalue weighted by atomic mass is 14.4. The van der Waals surface area contributed by atoms with E-state index in [0.717, 1.165) is 0 Å². The predicted molar refractivity (Wildman–Crippen MR) is 190 cm³/mol. The summed E-state index contributed by atoms with van der Waals surface area (Å²) in [7, 11) is 0. The molecule has 0 spiro atoms. The second kappa shape index (κ2) is 9.04. The van der Waals surface area contributed by atoms with Crippen LogP contribution in [0.2, 0.25) is 0 Å². The highest BCUT2D eigenvalue weighted by Gasteiger charge is 2.35. The molecule has 0 aromatic heterocycles. The fourth-order valence-corrected chi connectivity index (χ4v) is 7.92. The monoisotopic (exact) mass is 562 g/mol. The molecule has 0 atom stereocenters. The molecule has 0 N–H and O–H groups in total. The number of fused-ring (bicyclic) bond motifs is 4. The Morgan fingerprint density at radius 2 is 1.02 bits per heavy atom. The molecule has 8 aromatic rings. The van der Waals surface area contributed by atoms with Crippen molar-refractivity contribution in [3.05, 3.63) is 144 Å². The van der Waals surface area contributed by atoms with Crippen molar-refractivity contribution >= 4 is 43.1 Å². The van der Waals surface area contributed by atoms with E-state index in [2.05, 4.69) is 155 Å². The SMILES string of the molecule is CC(C)c1cc2ccc3ccc(-c4ccc5cc(-c6ccc7c(c6)-c6ccccc6C7(C)C)ccc5c4)c4ccc(c1)c2c34. The Morgan fingerprint density at radius 3 is 1.82 bits per heavy atom. The van der Waals surface area contributed by atoms with Gasteiger partial charge in [0.1, 0.15) is 0 Å². The molecule has 0 saturated heterocycles. The molecule has 8 aromatic carbocycles. The summed E-state index contributed by atoms with van der Waals surface area (Å²) in [5.74, 6) is 0.511. The largest absolute Gasteiger partial charge is 0.0619 e. The minimum atomic E-state index is 0.0341. The van der Waals surface area contributed by atoms with Crippen LogP contribution < -0.4 is 0 Å². The summed E-state index contributed by atoms with van der Waals surface area (Å²) in [6, 6.07) is 48.4. The molecule has 1 aliphatic rings. The molecule has 0 fully saturated rings. The van der Waals surface area contributed by atoms with Crippen LogP contribution in [0.4, 0.5) is 0 Å². The van der Waals surface area contributed by atoms with Gasteiger partial charge in [0.2, 0.25) is 0 Å². The Hall–Kier alpha value is -4.94. The van der Waals surface area contributed by atoms with Crippen LogP contribution in [-0.2, 0) is 5.41 Å². The Morgan fingerprint density at radius 1 is 0.432 bits per heavy atom. The van der Waals surface area contributed by atoms with Gasteiger partial charge in [0.25, 0.3) is 0 Å². The minimum absolute atomic E-state index is 0.0341. The van der Waals surface area contributed by atoms with Crippen LogP contribution in [0.1, 0.15) is 50.3 Å². The first kappa shape index (κ1) is 25.5. The van der Waals surface area contributed by atoms with Crippen molar-refractivity contribution in [1.82, 2.24) is 0 Å². The van der Waals surface area contributed by atoms with Gasteiger partial charge in [-0.1, -0.05) is 137 Å². The molecule has 0 unspecified atom stereocenters. The average Bonchev–Trinajstić information content (AvgIpc) is 3.28. The van der Waals surface area contributed by atoms with E-state index >= 15 is 0 Å². The second-order valence-corrected chi connectivity index (χ2v) is 13.6. The van der Waals surface area contributed by atoms with Gasteiger partial charge in [-0.15, -0.1) is 0 Å². The minimum Gasteiger partial charge on any atom is -0.0619 e. The smallest absolute Gasteiger partial charge is 0.0158 e. The maximum absolute atomic E-state index is 2.40. The summed E-state index contributed by atoms with van der Waals surface area (Å²) in [6.07, 6.45) is 0. The average molecular weight is 563 g/mol. The van der Waals surface area contributed by atoms with Gasteiger partial charge in [0, 0.05) is 5.41 Å². The van der Waals surface area contributed by atoms with Crippen LogP contribution >= 0.6 is 0 Å². The fourth-order valence-electron chi connectivity index (χ4n) is 7.92. The highest BCUT2D eigenvalue weighted by Crippen LogP contribution is 2.49. The Kier molecular flexibility index (Phi) is 5.25. The van der Waals surface area contributed by atoms with E-state index in [0.29, 0.717) is 5.92 Å². The molecule has 0 amide bonds. The molecular weight excluding hydrogens is 528 g/mol. The summed E-state index contributed by atoms with van der Waals surface area (Å²) < 4.78 is 0. The predicted octanol–water partition coefficient (Wildman–Crippen LogP) is 12.5. The van der Waals surface area contributed by atoms with Crippen molar-refractivity contribution in [2.45, 2.75) is 39.0 Å². The van der Waals surface area contributed by atoms with E-state index in [1.807, 2.05) is 0 Å². The third-order valence-electron chi connectivity index (χ3n) is 10.4. The Balaban J connectivity index is 1.14. The quantitative estimate of drug-likeness (QED) is 0.188. The molecule has 44 heavy (non-hydrogen) atoms. The molecule has 0 aliphatic heterocycles. The zero-order chi connectivity index (χ0) is 29.7. The molecule has 0 radical (unpaired) electrons. The highest BCUT2D eigenvalue weighted by molar-refractivity contribution is 6.25. The van der Waals surface area contributed by atoms with Crippen LogP contribution in [0.3, 0.4) is 0 Å². The Bertz CT molecular complexity index is 2420. The van der Waals surface area contributed by atoms with E-state index in [1.54, 1.807) is 0 Å². The van der Waals surface area contributed by atoms with E-state index in [-0.39, 0.29) is 5.41 Å². The summed E-state index contributed by atoms with van der Waals surface area (Å²) in [6.45, 7) is 9.24. The van der Waals surface area contributed by atoms with Crippen molar-refractivity contribution in [1.29, 1.82) is 0 Å². The third-order valence-corrected chi connectivity index (χ3v) is 10.4. The van der Waals surface area contributed by atoms with Crippen molar-refractivity contribution in [3.63, 3.8) is 0 Å². The molecule has 0 nitrogen and oxygen atoms in total. The van der Waals surface area contributed by atoms with Gasteiger partial charge in [-0.05, 0) is 117 Å². The first-order valence-corrected chi connectivity index (χ1v) is 15.9. The van der Waals surface area contributed by atoms with E-state index in [4.69, 9.17) is 0 Å². The van der Waals surface area contributed by atoms with E-state index in [9.17, 15) is 0 Å². The topological polar surface area (TPSA) is 0 Å². The zero-order valence-electron chi connectivity index (χ0n) is 25.7. The van der Waals surface area contributed by atoms with Crippen molar-refractivity contribution in [2.24, 2.45) is 0 Å². The first-order valence-electron chi connectivity index (χ1n) is 15.9. The lowest BCUT2D eigenvalue weighted by atomic mass is 9.82. The van der Waals surface area contributed by atoms with Gasteiger partial charge >= 0.3 is 0 Å². The number of rotatable bonds is 3. The first-order chi connectivity index (χ1) is 21.4. The van der Waals surface area contributed by atoms with Crippen LogP contribution in [0.5, 0.6) is 0 Å². The molecule has 0 saturated carbocycles. The van der Waals surface area contributed by atoms with Crippen LogP contribution in [-0.4, -0.2) is 0 Å². The normalized spacial score (nSPS) is 13.8. The molecular formula is C44H34. The van der Waals surface area contributed by atoms with Gasteiger partial charge in [-0.25, -0.2) is 0 Å². The van der Waals surface area contributed by atoms with Gasteiger partial charge < -0.3 is 0 Å².